The molecular weight excluding hydrogens is 247 g/mol. The van der Waals surface area contributed by atoms with Crippen molar-refractivity contribution in [3.63, 3.8) is 0 Å². The van der Waals surface area contributed by atoms with Crippen LogP contribution < -0.4 is 5.32 Å². The van der Waals surface area contributed by atoms with Crippen molar-refractivity contribution in [1.82, 2.24) is 5.32 Å². The molecule has 2 N–H and O–H groups in total. The molecule has 1 aromatic rings. The van der Waals surface area contributed by atoms with Gasteiger partial charge in [0.2, 0.25) is 0 Å². The van der Waals surface area contributed by atoms with Gasteiger partial charge in [0.15, 0.2) is 0 Å². The number of aliphatic hydroxyl groups excluding tert-OH is 1. The molecule has 1 aliphatic carbocycles. The number of aliphatic hydroxyl groups is 1. The van der Waals surface area contributed by atoms with Gasteiger partial charge >= 0.3 is 12.1 Å². The molecular formula is C12H12F3NO2. The molecule has 0 heterocycles. The van der Waals surface area contributed by atoms with E-state index in [1.54, 1.807) is 24.3 Å². The molecule has 0 aliphatic heterocycles. The van der Waals surface area contributed by atoms with Crippen molar-refractivity contribution in [2.75, 3.05) is 0 Å². The zero-order valence-electron chi connectivity index (χ0n) is 9.42. The number of alkyl halides is 3. The van der Waals surface area contributed by atoms with Crippen LogP contribution >= 0.6 is 0 Å². The van der Waals surface area contributed by atoms with Gasteiger partial charge < -0.3 is 10.4 Å². The molecule has 0 spiro atoms. The molecule has 0 radical (unpaired) electrons. The van der Waals surface area contributed by atoms with Crippen LogP contribution in [0.15, 0.2) is 24.3 Å². The van der Waals surface area contributed by atoms with Crippen LogP contribution in [0.25, 0.3) is 0 Å². The zero-order valence-corrected chi connectivity index (χ0v) is 9.42. The third-order valence-corrected chi connectivity index (χ3v) is 3.06. The van der Waals surface area contributed by atoms with E-state index in [4.69, 9.17) is 5.11 Å². The van der Waals surface area contributed by atoms with Crippen molar-refractivity contribution >= 4 is 5.91 Å². The number of carbonyl (C=O) groups is 1. The summed E-state index contributed by atoms with van der Waals surface area (Å²) in [5, 5.41) is 11.2. The average molecular weight is 259 g/mol. The highest BCUT2D eigenvalue weighted by Crippen LogP contribution is 2.47. The number of hydrogen-bond donors (Lipinski definition) is 2. The first-order valence-corrected chi connectivity index (χ1v) is 5.48. The number of hydrogen-bond acceptors (Lipinski definition) is 2. The second-order valence-electron chi connectivity index (χ2n) is 4.35. The summed E-state index contributed by atoms with van der Waals surface area (Å²) in [4.78, 5) is 11.0. The summed E-state index contributed by atoms with van der Waals surface area (Å²) in [6, 6.07) is 6.63. The van der Waals surface area contributed by atoms with Crippen LogP contribution in [-0.2, 0) is 16.9 Å². The molecule has 98 valence electrons. The molecule has 18 heavy (non-hydrogen) atoms. The molecule has 1 saturated carbocycles. The molecule has 0 unspecified atom stereocenters. The standard InChI is InChI=1S/C12H12F3NO2/c13-12(14,15)10(18)16-11(5-6-11)9-4-2-1-3-8(9)7-17/h1-4,17H,5-7H2,(H,16,18). The van der Waals surface area contributed by atoms with Crippen LogP contribution in [0.3, 0.4) is 0 Å². The summed E-state index contributed by atoms with van der Waals surface area (Å²) in [5.41, 5.74) is 0.133. The fraction of sp³-hybridized carbons (Fsp3) is 0.417. The molecule has 0 bridgehead atoms. The SMILES string of the molecule is O=C(NC1(c2ccccc2CO)CC1)C(F)(F)F. The van der Waals surface area contributed by atoms with Crippen LogP contribution in [0.4, 0.5) is 13.2 Å². The molecule has 1 amide bonds. The summed E-state index contributed by atoms with van der Waals surface area (Å²) in [7, 11) is 0. The van der Waals surface area contributed by atoms with Gasteiger partial charge in [0.05, 0.1) is 12.1 Å². The van der Waals surface area contributed by atoms with Gasteiger partial charge in [-0.15, -0.1) is 0 Å². The van der Waals surface area contributed by atoms with Crippen molar-refractivity contribution in [3.05, 3.63) is 35.4 Å². The Morgan fingerprint density at radius 1 is 1.33 bits per heavy atom. The van der Waals surface area contributed by atoms with E-state index in [1.807, 2.05) is 5.32 Å². The van der Waals surface area contributed by atoms with Gasteiger partial charge in [0.1, 0.15) is 0 Å². The Morgan fingerprint density at radius 2 is 1.94 bits per heavy atom. The van der Waals surface area contributed by atoms with Crippen molar-refractivity contribution < 1.29 is 23.1 Å². The quantitative estimate of drug-likeness (QED) is 0.870. The normalized spacial score (nSPS) is 17.3. The van der Waals surface area contributed by atoms with Crippen molar-refractivity contribution in [2.24, 2.45) is 0 Å². The number of amides is 1. The van der Waals surface area contributed by atoms with Gasteiger partial charge in [-0.3, -0.25) is 4.79 Å². The maximum absolute atomic E-state index is 12.2. The summed E-state index contributed by atoms with van der Waals surface area (Å²) in [6.45, 7) is -0.264. The lowest BCUT2D eigenvalue weighted by atomic mass is 9.98. The van der Waals surface area contributed by atoms with E-state index in [-0.39, 0.29) is 6.61 Å². The fourth-order valence-corrected chi connectivity index (χ4v) is 2.00. The second kappa shape index (κ2) is 4.28. The van der Waals surface area contributed by atoms with E-state index in [1.165, 1.54) is 0 Å². The lowest BCUT2D eigenvalue weighted by Gasteiger charge is -2.21. The van der Waals surface area contributed by atoms with Crippen LogP contribution in [0, 0.1) is 0 Å². The van der Waals surface area contributed by atoms with E-state index >= 15 is 0 Å². The number of benzene rings is 1. The van der Waals surface area contributed by atoms with Crippen LogP contribution in [0.2, 0.25) is 0 Å². The molecule has 0 aromatic heterocycles. The number of rotatable bonds is 3. The predicted molar refractivity (Wildman–Crippen MR) is 57.5 cm³/mol. The van der Waals surface area contributed by atoms with Gasteiger partial charge in [0.25, 0.3) is 0 Å². The topological polar surface area (TPSA) is 49.3 Å². The Kier molecular flexibility index (Phi) is 3.06. The van der Waals surface area contributed by atoms with Gasteiger partial charge in [-0.2, -0.15) is 13.2 Å². The highest BCUT2D eigenvalue weighted by molar-refractivity contribution is 5.83. The first-order chi connectivity index (χ1) is 8.39. The molecule has 1 aromatic carbocycles. The van der Waals surface area contributed by atoms with Gasteiger partial charge in [-0.05, 0) is 24.0 Å². The minimum absolute atomic E-state index is 0.264. The van der Waals surface area contributed by atoms with E-state index in [9.17, 15) is 18.0 Å². The summed E-state index contributed by atoms with van der Waals surface area (Å²) >= 11 is 0. The van der Waals surface area contributed by atoms with Crippen LogP contribution in [0.1, 0.15) is 24.0 Å². The number of halogens is 3. The summed E-state index contributed by atoms with van der Waals surface area (Å²) in [6.07, 6.45) is -3.98. The molecule has 1 fully saturated rings. The van der Waals surface area contributed by atoms with Gasteiger partial charge in [0, 0.05) is 0 Å². The maximum atomic E-state index is 12.2. The lowest BCUT2D eigenvalue weighted by Crippen LogP contribution is -2.43. The van der Waals surface area contributed by atoms with Crippen LogP contribution in [0.5, 0.6) is 0 Å². The van der Waals surface area contributed by atoms with Gasteiger partial charge in [-0.25, -0.2) is 0 Å². The minimum Gasteiger partial charge on any atom is -0.392 e. The Labute approximate surface area is 102 Å². The predicted octanol–water partition coefficient (Wildman–Crippen LogP) is 1.85. The molecule has 0 atom stereocenters. The zero-order chi connectivity index (χ0) is 13.4. The first kappa shape index (κ1) is 12.9. The van der Waals surface area contributed by atoms with Crippen molar-refractivity contribution in [1.29, 1.82) is 0 Å². The van der Waals surface area contributed by atoms with Crippen molar-refractivity contribution in [3.8, 4) is 0 Å². The smallest absolute Gasteiger partial charge is 0.392 e. The molecule has 0 saturated heterocycles. The molecule has 6 heteroatoms. The average Bonchev–Trinajstić information content (AvgIpc) is 3.08. The first-order valence-electron chi connectivity index (χ1n) is 5.48. The fourth-order valence-electron chi connectivity index (χ4n) is 2.00. The molecule has 2 rings (SSSR count). The Bertz CT molecular complexity index is 467. The second-order valence-corrected chi connectivity index (χ2v) is 4.35. The van der Waals surface area contributed by atoms with E-state index in [0.29, 0.717) is 24.0 Å². The monoisotopic (exact) mass is 259 g/mol. The lowest BCUT2D eigenvalue weighted by molar-refractivity contribution is -0.174. The maximum Gasteiger partial charge on any atom is 0.471 e. The number of carbonyl (C=O) groups excluding carboxylic acids is 1. The summed E-state index contributed by atoms with van der Waals surface area (Å²) in [5.74, 6) is -1.94. The molecule has 3 nitrogen and oxygen atoms in total. The summed E-state index contributed by atoms with van der Waals surface area (Å²) < 4.78 is 36.7. The third-order valence-electron chi connectivity index (χ3n) is 3.06. The largest absolute Gasteiger partial charge is 0.471 e. The van der Waals surface area contributed by atoms with E-state index in [0.717, 1.165) is 0 Å². The minimum atomic E-state index is -4.89. The highest BCUT2D eigenvalue weighted by atomic mass is 19.4. The van der Waals surface area contributed by atoms with Gasteiger partial charge in [-0.1, -0.05) is 24.3 Å². The Hall–Kier alpha value is -1.56. The van der Waals surface area contributed by atoms with Crippen LogP contribution in [-0.4, -0.2) is 17.2 Å². The molecule has 1 aliphatic rings. The Balaban J connectivity index is 2.25. The van der Waals surface area contributed by atoms with E-state index < -0.39 is 17.6 Å². The van der Waals surface area contributed by atoms with Crippen molar-refractivity contribution in [2.45, 2.75) is 31.2 Å². The number of nitrogens with one attached hydrogen (secondary N) is 1. The van der Waals surface area contributed by atoms with E-state index in [2.05, 4.69) is 0 Å². The third kappa shape index (κ3) is 2.33. The Morgan fingerprint density at radius 3 is 2.44 bits per heavy atom. The highest BCUT2D eigenvalue weighted by Gasteiger charge is 2.51.